The zero-order valence-electron chi connectivity index (χ0n) is 16.8. The van der Waals surface area contributed by atoms with Gasteiger partial charge in [0.1, 0.15) is 0 Å². The molecule has 150 valence electrons. The van der Waals surface area contributed by atoms with Crippen LogP contribution in [-0.2, 0) is 0 Å². The SMILES string of the molecule is Cc1cccc(N2CCN(C(=O)c3ccc(-c4nnc5ncccn45)cc3)CC2)c1. The zero-order valence-corrected chi connectivity index (χ0v) is 16.8. The number of benzene rings is 2. The summed E-state index contributed by atoms with van der Waals surface area (Å²) in [5.74, 6) is 1.33. The first-order valence-corrected chi connectivity index (χ1v) is 10.1. The second-order valence-corrected chi connectivity index (χ2v) is 7.51. The molecule has 30 heavy (non-hydrogen) atoms. The maximum absolute atomic E-state index is 13.0. The molecule has 1 amide bonds. The number of aromatic nitrogens is 4. The van der Waals surface area contributed by atoms with Gasteiger partial charge in [-0.05, 0) is 42.8 Å². The molecule has 0 saturated carbocycles. The normalized spacial score (nSPS) is 14.3. The number of amides is 1. The Balaban J connectivity index is 1.28. The van der Waals surface area contributed by atoms with Gasteiger partial charge < -0.3 is 9.80 Å². The summed E-state index contributed by atoms with van der Waals surface area (Å²) in [7, 11) is 0. The van der Waals surface area contributed by atoms with Crippen LogP contribution in [0.4, 0.5) is 5.69 Å². The average Bonchev–Trinajstić information content (AvgIpc) is 3.23. The number of carbonyl (C=O) groups is 1. The standard InChI is InChI=1S/C23H22N6O/c1-17-4-2-5-20(16-17)27-12-14-28(15-13-27)22(30)19-8-6-18(7-9-19)21-25-26-23-24-10-3-11-29(21)23/h2-11,16H,12-15H2,1H3. The highest BCUT2D eigenvalue weighted by Gasteiger charge is 2.22. The Morgan fingerprint density at radius 2 is 1.73 bits per heavy atom. The smallest absolute Gasteiger partial charge is 0.255 e. The largest absolute Gasteiger partial charge is 0.368 e. The second kappa shape index (κ2) is 7.59. The number of anilines is 1. The van der Waals surface area contributed by atoms with Crippen LogP contribution in [0.5, 0.6) is 0 Å². The average molecular weight is 398 g/mol. The van der Waals surface area contributed by atoms with E-state index in [9.17, 15) is 4.79 Å². The Kier molecular flexibility index (Phi) is 4.63. The molecule has 0 bridgehead atoms. The van der Waals surface area contributed by atoms with Crippen LogP contribution in [0.1, 0.15) is 15.9 Å². The summed E-state index contributed by atoms with van der Waals surface area (Å²) in [6.45, 7) is 5.22. The van der Waals surface area contributed by atoms with Crippen LogP contribution in [0, 0.1) is 6.92 Å². The third-order valence-corrected chi connectivity index (χ3v) is 5.51. The molecule has 4 aromatic rings. The number of rotatable bonds is 3. The molecular formula is C23H22N6O. The molecule has 1 fully saturated rings. The van der Waals surface area contributed by atoms with Crippen molar-refractivity contribution in [3.63, 3.8) is 0 Å². The molecular weight excluding hydrogens is 376 g/mol. The lowest BCUT2D eigenvalue weighted by atomic mass is 10.1. The Labute approximate surface area is 174 Å². The lowest BCUT2D eigenvalue weighted by Gasteiger charge is -2.36. The van der Waals surface area contributed by atoms with Crippen molar-refractivity contribution in [3.05, 3.63) is 78.1 Å². The molecule has 0 unspecified atom stereocenters. The van der Waals surface area contributed by atoms with Crippen molar-refractivity contribution in [2.45, 2.75) is 6.92 Å². The van der Waals surface area contributed by atoms with E-state index in [0.717, 1.165) is 31.7 Å². The summed E-state index contributed by atoms with van der Waals surface area (Å²) in [4.78, 5) is 21.4. The molecule has 0 aliphatic carbocycles. The van der Waals surface area contributed by atoms with Gasteiger partial charge in [-0.25, -0.2) is 4.98 Å². The first kappa shape index (κ1) is 18.3. The van der Waals surface area contributed by atoms with Crippen LogP contribution in [0.25, 0.3) is 17.2 Å². The van der Waals surface area contributed by atoms with Crippen LogP contribution in [0.3, 0.4) is 0 Å². The van der Waals surface area contributed by atoms with E-state index in [1.807, 2.05) is 45.8 Å². The van der Waals surface area contributed by atoms with E-state index in [2.05, 4.69) is 51.3 Å². The van der Waals surface area contributed by atoms with E-state index in [1.54, 1.807) is 6.20 Å². The number of piperazine rings is 1. The van der Waals surface area contributed by atoms with Crippen molar-refractivity contribution < 1.29 is 4.79 Å². The predicted octanol–water partition coefficient (Wildman–Crippen LogP) is 3.06. The number of hydrogen-bond donors (Lipinski definition) is 0. The monoisotopic (exact) mass is 398 g/mol. The van der Waals surface area contributed by atoms with Gasteiger partial charge in [0.25, 0.3) is 11.7 Å². The Bertz CT molecular complexity index is 1190. The lowest BCUT2D eigenvalue weighted by molar-refractivity contribution is 0.0747. The molecule has 0 radical (unpaired) electrons. The number of aryl methyl sites for hydroxylation is 1. The minimum absolute atomic E-state index is 0.0678. The molecule has 3 heterocycles. The van der Waals surface area contributed by atoms with Gasteiger partial charge in [-0.1, -0.05) is 24.3 Å². The fourth-order valence-corrected chi connectivity index (χ4v) is 3.88. The fourth-order valence-electron chi connectivity index (χ4n) is 3.88. The summed E-state index contributed by atoms with van der Waals surface area (Å²) in [5.41, 5.74) is 4.06. The third-order valence-electron chi connectivity index (χ3n) is 5.51. The molecule has 1 aliphatic rings. The number of hydrogen-bond acceptors (Lipinski definition) is 5. The van der Waals surface area contributed by atoms with Crippen molar-refractivity contribution in [1.29, 1.82) is 0 Å². The first-order valence-electron chi connectivity index (χ1n) is 10.1. The molecule has 7 nitrogen and oxygen atoms in total. The van der Waals surface area contributed by atoms with Gasteiger partial charge in [-0.15, -0.1) is 10.2 Å². The van der Waals surface area contributed by atoms with Gasteiger partial charge >= 0.3 is 0 Å². The molecule has 1 aliphatic heterocycles. The first-order chi connectivity index (χ1) is 14.7. The fraction of sp³-hybridized carbons (Fsp3) is 0.217. The second-order valence-electron chi connectivity index (χ2n) is 7.51. The third kappa shape index (κ3) is 3.39. The highest BCUT2D eigenvalue weighted by molar-refractivity contribution is 5.94. The Morgan fingerprint density at radius 3 is 2.50 bits per heavy atom. The molecule has 2 aromatic heterocycles. The summed E-state index contributed by atoms with van der Waals surface area (Å²) >= 11 is 0. The minimum atomic E-state index is 0.0678. The molecule has 0 atom stereocenters. The van der Waals surface area contributed by atoms with E-state index >= 15 is 0 Å². The van der Waals surface area contributed by atoms with E-state index < -0.39 is 0 Å². The Morgan fingerprint density at radius 1 is 0.933 bits per heavy atom. The Hall–Kier alpha value is -3.74. The molecule has 0 spiro atoms. The molecule has 5 rings (SSSR count). The predicted molar refractivity (Wildman–Crippen MR) is 116 cm³/mol. The van der Waals surface area contributed by atoms with Gasteiger partial charge in [0, 0.05) is 55.4 Å². The minimum Gasteiger partial charge on any atom is -0.368 e. The van der Waals surface area contributed by atoms with Crippen LogP contribution in [0.15, 0.2) is 67.0 Å². The van der Waals surface area contributed by atoms with E-state index in [4.69, 9.17) is 0 Å². The van der Waals surface area contributed by atoms with Crippen molar-refractivity contribution >= 4 is 17.4 Å². The molecule has 0 N–H and O–H groups in total. The van der Waals surface area contributed by atoms with Crippen LogP contribution in [0.2, 0.25) is 0 Å². The number of carbonyl (C=O) groups excluding carboxylic acids is 1. The summed E-state index contributed by atoms with van der Waals surface area (Å²) in [5, 5.41) is 8.31. The van der Waals surface area contributed by atoms with Crippen molar-refractivity contribution in [2.24, 2.45) is 0 Å². The van der Waals surface area contributed by atoms with Gasteiger partial charge in [0.2, 0.25) is 0 Å². The summed E-state index contributed by atoms with van der Waals surface area (Å²) in [6.07, 6.45) is 3.57. The van der Waals surface area contributed by atoms with E-state index in [0.29, 0.717) is 17.2 Å². The maximum atomic E-state index is 13.0. The van der Waals surface area contributed by atoms with Crippen LogP contribution >= 0.6 is 0 Å². The zero-order chi connectivity index (χ0) is 20.5. The van der Waals surface area contributed by atoms with Crippen LogP contribution < -0.4 is 4.90 Å². The highest BCUT2D eigenvalue weighted by Crippen LogP contribution is 2.21. The lowest BCUT2D eigenvalue weighted by Crippen LogP contribution is -2.48. The van der Waals surface area contributed by atoms with E-state index in [-0.39, 0.29) is 5.91 Å². The summed E-state index contributed by atoms with van der Waals surface area (Å²) in [6, 6.07) is 17.9. The maximum Gasteiger partial charge on any atom is 0.255 e. The van der Waals surface area contributed by atoms with Crippen molar-refractivity contribution in [1.82, 2.24) is 24.5 Å². The van der Waals surface area contributed by atoms with Crippen LogP contribution in [-0.4, -0.2) is 56.6 Å². The van der Waals surface area contributed by atoms with Gasteiger partial charge in [-0.3, -0.25) is 9.20 Å². The molecule has 7 heteroatoms. The molecule has 2 aromatic carbocycles. The van der Waals surface area contributed by atoms with Gasteiger partial charge in [-0.2, -0.15) is 0 Å². The summed E-state index contributed by atoms with van der Waals surface area (Å²) < 4.78 is 1.83. The molecule has 1 saturated heterocycles. The van der Waals surface area contributed by atoms with Gasteiger partial charge in [0.15, 0.2) is 5.82 Å². The van der Waals surface area contributed by atoms with E-state index in [1.165, 1.54) is 11.3 Å². The highest BCUT2D eigenvalue weighted by atomic mass is 16.2. The quantitative estimate of drug-likeness (QED) is 0.531. The topological polar surface area (TPSA) is 66.6 Å². The van der Waals surface area contributed by atoms with Gasteiger partial charge in [0.05, 0.1) is 0 Å². The van der Waals surface area contributed by atoms with Crippen molar-refractivity contribution in [2.75, 3.05) is 31.1 Å². The van der Waals surface area contributed by atoms with Crippen molar-refractivity contribution in [3.8, 4) is 11.4 Å². The number of nitrogens with zero attached hydrogens (tertiary/aromatic N) is 6. The number of fused-ring (bicyclic) bond motifs is 1.